The Kier molecular flexibility index (Phi) is 6.15. The highest BCUT2D eigenvalue weighted by Gasteiger charge is 2.11. The lowest BCUT2D eigenvalue weighted by Crippen LogP contribution is -2.32. The molecule has 17 heavy (non-hydrogen) atoms. The quantitative estimate of drug-likeness (QED) is 0.738. The minimum Gasteiger partial charge on any atom is -0.330 e. The molecule has 1 aromatic rings. The zero-order valence-corrected chi connectivity index (χ0v) is 11.3. The first kappa shape index (κ1) is 14.1. The van der Waals surface area contributed by atoms with Crippen molar-refractivity contribution in [1.82, 2.24) is 19.7 Å². The van der Waals surface area contributed by atoms with E-state index in [2.05, 4.69) is 35.8 Å². The van der Waals surface area contributed by atoms with Crippen LogP contribution in [0.4, 0.5) is 0 Å². The predicted molar refractivity (Wildman–Crippen MR) is 69.5 cm³/mol. The van der Waals surface area contributed by atoms with Crippen molar-refractivity contribution in [3.05, 3.63) is 12.2 Å². The number of aromatic nitrogens is 3. The van der Waals surface area contributed by atoms with Crippen molar-refractivity contribution in [2.24, 2.45) is 11.7 Å². The van der Waals surface area contributed by atoms with E-state index in [0.717, 1.165) is 45.0 Å². The third-order valence-corrected chi connectivity index (χ3v) is 2.92. The van der Waals surface area contributed by atoms with Gasteiger partial charge < -0.3 is 5.73 Å². The summed E-state index contributed by atoms with van der Waals surface area (Å²) in [4.78, 5) is 6.70. The third kappa shape index (κ3) is 4.44. The molecule has 5 heteroatoms. The molecule has 0 bridgehead atoms. The Balaban J connectivity index is 2.57. The fourth-order valence-electron chi connectivity index (χ4n) is 1.83. The van der Waals surface area contributed by atoms with E-state index >= 15 is 0 Å². The molecule has 0 saturated heterocycles. The minimum atomic E-state index is 0.525. The van der Waals surface area contributed by atoms with E-state index in [4.69, 9.17) is 5.73 Å². The second kappa shape index (κ2) is 7.40. The van der Waals surface area contributed by atoms with E-state index in [9.17, 15) is 0 Å². The van der Waals surface area contributed by atoms with Crippen LogP contribution in [-0.2, 0) is 13.1 Å². The molecule has 1 aromatic heterocycles. The van der Waals surface area contributed by atoms with E-state index in [1.165, 1.54) is 0 Å². The summed E-state index contributed by atoms with van der Waals surface area (Å²) < 4.78 is 2.00. The molecule has 0 spiro atoms. The molecule has 1 rings (SSSR count). The average Bonchev–Trinajstić information content (AvgIpc) is 2.76. The van der Waals surface area contributed by atoms with Gasteiger partial charge in [0.1, 0.15) is 12.2 Å². The Bertz CT molecular complexity index is 310. The number of aryl methyl sites for hydroxylation is 1. The maximum atomic E-state index is 5.67. The molecule has 0 saturated carbocycles. The van der Waals surface area contributed by atoms with Crippen molar-refractivity contribution in [2.45, 2.75) is 40.3 Å². The molecule has 0 aliphatic heterocycles. The lowest BCUT2D eigenvalue weighted by atomic mass is 10.1. The van der Waals surface area contributed by atoms with Crippen LogP contribution in [0.25, 0.3) is 0 Å². The first-order chi connectivity index (χ1) is 8.21. The minimum absolute atomic E-state index is 0.525. The zero-order chi connectivity index (χ0) is 12.7. The summed E-state index contributed by atoms with van der Waals surface area (Å²) in [6, 6.07) is 0. The van der Waals surface area contributed by atoms with Crippen LogP contribution in [0.3, 0.4) is 0 Å². The Morgan fingerprint density at radius 3 is 2.82 bits per heavy atom. The molecular weight excluding hydrogens is 214 g/mol. The first-order valence-electron chi connectivity index (χ1n) is 6.50. The fourth-order valence-corrected chi connectivity index (χ4v) is 1.83. The van der Waals surface area contributed by atoms with Gasteiger partial charge in [-0.05, 0) is 25.4 Å². The third-order valence-electron chi connectivity index (χ3n) is 2.92. The van der Waals surface area contributed by atoms with Crippen LogP contribution >= 0.6 is 0 Å². The molecule has 1 heterocycles. The van der Waals surface area contributed by atoms with Crippen molar-refractivity contribution in [2.75, 3.05) is 19.6 Å². The lowest BCUT2D eigenvalue weighted by Gasteiger charge is -2.23. The molecule has 0 aliphatic rings. The van der Waals surface area contributed by atoms with Crippen molar-refractivity contribution in [1.29, 1.82) is 0 Å². The van der Waals surface area contributed by atoms with E-state index < -0.39 is 0 Å². The highest BCUT2D eigenvalue weighted by Crippen LogP contribution is 2.05. The summed E-state index contributed by atoms with van der Waals surface area (Å²) in [5, 5.41) is 4.25. The Labute approximate surface area is 104 Å². The summed E-state index contributed by atoms with van der Waals surface area (Å²) in [7, 11) is 0. The van der Waals surface area contributed by atoms with Gasteiger partial charge in [-0.1, -0.05) is 20.8 Å². The second-order valence-corrected chi connectivity index (χ2v) is 4.57. The van der Waals surface area contributed by atoms with Gasteiger partial charge in [-0.15, -0.1) is 0 Å². The second-order valence-electron chi connectivity index (χ2n) is 4.57. The Hall–Kier alpha value is -0.940. The summed E-state index contributed by atoms with van der Waals surface area (Å²) in [6.45, 7) is 11.1. The number of hydrogen-bond donors (Lipinski definition) is 1. The topological polar surface area (TPSA) is 60.0 Å². The van der Waals surface area contributed by atoms with Crippen molar-refractivity contribution < 1.29 is 0 Å². The van der Waals surface area contributed by atoms with Gasteiger partial charge in [-0.3, -0.25) is 4.90 Å². The standard InChI is InChI=1S/C12H25N5/c1-4-6-17-12(14-10-15-17)9-16(5-2)8-11(3)7-13/h10-11H,4-9,13H2,1-3H3. The summed E-state index contributed by atoms with van der Waals surface area (Å²) in [6.07, 6.45) is 2.73. The van der Waals surface area contributed by atoms with Gasteiger partial charge in [-0.2, -0.15) is 5.10 Å². The van der Waals surface area contributed by atoms with Crippen LogP contribution in [0.1, 0.15) is 33.0 Å². The molecular formula is C12H25N5. The van der Waals surface area contributed by atoms with Gasteiger partial charge in [0.05, 0.1) is 6.54 Å². The number of nitrogens with two attached hydrogens (primary N) is 1. The highest BCUT2D eigenvalue weighted by molar-refractivity contribution is 4.85. The molecule has 0 aliphatic carbocycles. The van der Waals surface area contributed by atoms with Gasteiger partial charge >= 0.3 is 0 Å². The summed E-state index contributed by atoms with van der Waals surface area (Å²) >= 11 is 0. The highest BCUT2D eigenvalue weighted by atomic mass is 15.3. The molecule has 98 valence electrons. The Morgan fingerprint density at radius 1 is 1.47 bits per heavy atom. The maximum Gasteiger partial charge on any atom is 0.141 e. The van der Waals surface area contributed by atoms with E-state index in [1.54, 1.807) is 6.33 Å². The first-order valence-corrected chi connectivity index (χ1v) is 6.50. The molecule has 2 N–H and O–H groups in total. The molecule has 0 amide bonds. The SMILES string of the molecule is CCCn1ncnc1CN(CC)CC(C)CN. The average molecular weight is 239 g/mol. The Morgan fingerprint density at radius 2 is 2.24 bits per heavy atom. The summed E-state index contributed by atoms with van der Waals surface area (Å²) in [5.41, 5.74) is 5.67. The van der Waals surface area contributed by atoms with Crippen LogP contribution in [0.5, 0.6) is 0 Å². The van der Waals surface area contributed by atoms with E-state index in [0.29, 0.717) is 5.92 Å². The predicted octanol–water partition coefficient (Wildman–Crippen LogP) is 1.10. The van der Waals surface area contributed by atoms with E-state index in [-0.39, 0.29) is 0 Å². The van der Waals surface area contributed by atoms with Gasteiger partial charge in [0.15, 0.2) is 0 Å². The van der Waals surface area contributed by atoms with Crippen LogP contribution in [0.15, 0.2) is 6.33 Å². The van der Waals surface area contributed by atoms with Crippen LogP contribution < -0.4 is 5.73 Å². The molecule has 0 radical (unpaired) electrons. The fraction of sp³-hybridized carbons (Fsp3) is 0.833. The van der Waals surface area contributed by atoms with Crippen LogP contribution in [0, 0.1) is 5.92 Å². The lowest BCUT2D eigenvalue weighted by molar-refractivity contribution is 0.233. The molecule has 5 nitrogen and oxygen atoms in total. The van der Waals surface area contributed by atoms with Crippen molar-refractivity contribution in [3.63, 3.8) is 0 Å². The van der Waals surface area contributed by atoms with Crippen LogP contribution in [-0.4, -0.2) is 39.3 Å². The van der Waals surface area contributed by atoms with Gasteiger partial charge in [-0.25, -0.2) is 9.67 Å². The summed E-state index contributed by atoms with van der Waals surface area (Å²) in [5.74, 6) is 1.58. The monoisotopic (exact) mass is 239 g/mol. The smallest absolute Gasteiger partial charge is 0.141 e. The van der Waals surface area contributed by atoms with Crippen LogP contribution in [0.2, 0.25) is 0 Å². The zero-order valence-electron chi connectivity index (χ0n) is 11.3. The molecule has 1 unspecified atom stereocenters. The molecule has 1 atom stereocenters. The van der Waals surface area contributed by atoms with Crippen molar-refractivity contribution >= 4 is 0 Å². The number of nitrogens with zero attached hydrogens (tertiary/aromatic N) is 4. The van der Waals surface area contributed by atoms with Gasteiger partial charge in [0.25, 0.3) is 0 Å². The molecule has 0 aromatic carbocycles. The van der Waals surface area contributed by atoms with Gasteiger partial charge in [0.2, 0.25) is 0 Å². The number of hydrogen-bond acceptors (Lipinski definition) is 4. The number of rotatable bonds is 8. The maximum absolute atomic E-state index is 5.67. The van der Waals surface area contributed by atoms with Gasteiger partial charge in [0, 0.05) is 13.1 Å². The van der Waals surface area contributed by atoms with Crippen molar-refractivity contribution in [3.8, 4) is 0 Å². The van der Waals surface area contributed by atoms with E-state index in [1.807, 2.05) is 4.68 Å². The normalized spacial score (nSPS) is 13.2. The molecule has 0 fully saturated rings. The largest absolute Gasteiger partial charge is 0.330 e.